The maximum absolute atomic E-state index is 8.85. The summed E-state index contributed by atoms with van der Waals surface area (Å²) in [7, 11) is 0. The van der Waals surface area contributed by atoms with Gasteiger partial charge < -0.3 is 14.9 Å². The van der Waals surface area contributed by atoms with Gasteiger partial charge in [-0.15, -0.1) is 11.3 Å². The van der Waals surface area contributed by atoms with E-state index >= 15 is 0 Å². The Balaban J connectivity index is 1.87. The Morgan fingerprint density at radius 1 is 1.35 bits per heavy atom. The molecule has 1 fully saturated rings. The Morgan fingerprint density at radius 3 is 2.94 bits per heavy atom. The molecule has 5 heteroatoms. The molecule has 1 aromatic heterocycles. The average Bonchev–Trinajstić information content (AvgIpc) is 2.63. The van der Waals surface area contributed by atoms with E-state index in [0.29, 0.717) is 6.61 Å². The van der Waals surface area contributed by atoms with Gasteiger partial charge in [-0.25, -0.2) is 4.98 Å². The van der Waals surface area contributed by atoms with Crippen molar-refractivity contribution < 1.29 is 5.11 Å². The van der Waals surface area contributed by atoms with Crippen LogP contribution >= 0.6 is 11.3 Å². The van der Waals surface area contributed by atoms with Gasteiger partial charge in [0, 0.05) is 38.2 Å². The molecule has 96 valence electrons. The Morgan fingerprint density at radius 2 is 2.24 bits per heavy atom. The van der Waals surface area contributed by atoms with Gasteiger partial charge in [-0.2, -0.15) is 0 Å². The molecule has 1 N–H and O–H groups in total. The number of aliphatic hydroxyl groups excluding tert-OH is 1. The van der Waals surface area contributed by atoms with Gasteiger partial charge in [0.15, 0.2) is 5.13 Å². The van der Waals surface area contributed by atoms with E-state index < -0.39 is 0 Å². The van der Waals surface area contributed by atoms with Crippen LogP contribution in [0.5, 0.6) is 0 Å². The van der Waals surface area contributed by atoms with E-state index in [1.54, 1.807) is 11.3 Å². The van der Waals surface area contributed by atoms with Crippen molar-refractivity contribution in [2.24, 2.45) is 0 Å². The highest BCUT2D eigenvalue weighted by molar-refractivity contribution is 7.13. The number of aromatic nitrogens is 1. The third kappa shape index (κ3) is 3.66. The Hall–Kier alpha value is -0.650. The first-order chi connectivity index (χ1) is 8.29. The molecule has 0 spiro atoms. The Bertz CT molecular complexity index is 342. The molecule has 0 saturated carbocycles. The molecule has 2 heterocycles. The minimum Gasteiger partial charge on any atom is -0.396 e. The van der Waals surface area contributed by atoms with Crippen LogP contribution in [0.4, 0.5) is 5.13 Å². The van der Waals surface area contributed by atoms with Crippen molar-refractivity contribution in [1.29, 1.82) is 0 Å². The molecule has 0 unspecified atom stereocenters. The van der Waals surface area contributed by atoms with Crippen LogP contribution in [0.1, 0.15) is 18.5 Å². The highest BCUT2D eigenvalue weighted by Gasteiger charge is 2.16. The van der Waals surface area contributed by atoms with Crippen molar-refractivity contribution in [2.45, 2.75) is 19.8 Å². The zero-order valence-corrected chi connectivity index (χ0v) is 11.2. The molecule has 0 amide bonds. The molecule has 0 bridgehead atoms. The molecule has 17 heavy (non-hydrogen) atoms. The standard InChI is InChI=1S/C12H21N3OS/c1-11-10-17-12(13-11)15-6-2-4-14(7-8-15)5-3-9-16/h10,16H,2-9H2,1H3. The first-order valence-corrected chi connectivity index (χ1v) is 7.18. The smallest absolute Gasteiger partial charge is 0.185 e. The monoisotopic (exact) mass is 255 g/mol. The predicted octanol–water partition coefficient (Wildman–Crippen LogP) is 1.35. The van der Waals surface area contributed by atoms with Crippen LogP contribution in [-0.4, -0.2) is 54.3 Å². The number of hydrogen-bond acceptors (Lipinski definition) is 5. The van der Waals surface area contributed by atoms with E-state index in [2.05, 4.69) is 20.2 Å². The fraction of sp³-hybridized carbons (Fsp3) is 0.750. The van der Waals surface area contributed by atoms with E-state index in [1.165, 1.54) is 6.42 Å². The minimum atomic E-state index is 0.298. The number of thiazole rings is 1. The van der Waals surface area contributed by atoms with Gasteiger partial charge in [0.2, 0.25) is 0 Å². The van der Waals surface area contributed by atoms with Crippen LogP contribution in [0.15, 0.2) is 5.38 Å². The van der Waals surface area contributed by atoms with Crippen LogP contribution in [-0.2, 0) is 0 Å². The Kier molecular flexibility index (Phi) is 4.76. The van der Waals surface area contributed by atoms with Crippen LogP contribution < -0.4 is 4.90 Å². The normalized spacial score (nSPS) is 18.4. The van der Waals surface area contributed by atoms with Gasteiger partial charge in [-0.1, -0.05) is 0 Å². The molecule has 4 nitrogen and oxygen atoms in total. The molecule has 1 aliphatic heterocycles. The fourth-order valence-corrected chi connectivity index (χ4v) is 3.02. The lowest BCUT2D eigenvalue weighted by Gasteiger charge is -2.21. The molecule has 0 atom stereocenters. The summed E-state index contributed by atoms with van der Waals surface area (Å²) in [5, 5.41) is 12.1. The molecular formula is C12H21N3OS. The molecule has 1 aliphatic rings. The zero-order valence-electron chi connectivity index (χ0n) is 10.4. The number of aliphatic hydroxyl groups is 1. The summed E-state index contributed by atoms with van der Waals surface area (Å²) in [6, 6.07) is 0. The minimum absolute atomic E-state index is 0.298. The number of rotatable bonds is 4. The van der Waals surface area contributed by atoms with Gasteiger partial charge in [-0.05, 0) is 26.3 Å². The van der Waals surface area contributed by atoms with E-state index in [0.717, 1.165) is 50.0 Å². The molecule has 1 aromatic rings. The van der Waals surface area contributed by atoms with Crippen LogP contribution in [0.25, 0.3) is 0 Å². The molecule has 2 rings (SSSR count). The largest absolute Gasteiger partial charge is 0.396 e. The van der Waals surface area contributed by atoms with Gasteiger partial charge in [0.05, 0.1) is 5.69 Å². The van der Waals surface area contributed by atoms with E-state index in [-0.39, 0.29) is 0 Å². The SMILES string of the molecule is Cc1csc(N2CCCN(CCCO)CC2)n1. The maximum atomic E-state index is 8.85. The fourth-order valence-electron chi connectivity index (χ4n) is 2.17. The zero-order chi connectivity index (χ0) is 12.1. The second-order valence-electron chi connectivity index (χ2n) is 4.53. The van der Waals surface area contributed by atoms with Crippen molar-refractivity contribution in [3.8, 4) is 0 Å². The van der Waals surface area contributed by atoms with Gasteiger partial charge in [0.25, 0.3) is 0 Å². The molecule has 0 aliphatic carbocycles. The molecular weight excluding hydrogens is 234 g/mol. The number of nitrogens with zero attached hydrogens (tertiary/aromatic N) is 3. The second kappa shape index (κ2) is 6.33. The lowest BCUT2D eigenvalue weighted by atomic mass is 10.3. The summed E-state index contributed by atoms with van der Waals surface area (Å²) >= 11 is 1.74. The third-order valence-corrected chi connectivity index (χ3v) is 4.12. The lowest BCUT2D eigenvalue weighted by molar-refractivity contribution is 0.232. The molecule has 0 aromatic carbocycles. The van der Waals surface area contributed by atoms with E-state index in [9.17, 15) is 0 Å². The summed E-state index contributed by atoms with van der Waals surface area (Å²) in [5.74, 6) is 0. The average molecular weight is 255 g/mol. The third-order valence-electron chi connectivity index (χ3n) is 3.10. The molecule has 1 saturated heterocycles. The van der Waals surface area contributed by atoms with Crippen molar-refractivity contribution in [3.63, 3.8) is 0 Å². The summed E-state index contributed by atoms with van der Waals surface area (Å²) in [6.45, 7) is 7.74. The van der Waals surface area contributed by atoms with Gasteiger partial charge in [-0.3, -0.25) is 0 Å². The molecule has 0 radical (unpaired) electrons. The van der Waals surface area contributed by atoms with Crippen LogP contribution in [0, 0.1) is 6.92 Å². The van der Waals surface area contributed by atoms with Crippen molar-refractivity contribution in [2.75, 3.05) is 44.2 Å². The first kappa shape index (κ1) is 12.8. The van der Waals surface area contributed by atoms with E-state index in [4.69, 9.17) is 5.11 Å². The predicted molar refractivity (Wildman–Crippen MR) is 71.8 cm³/mol. The second-order valence-corrected chi connectivity index (χ2v) is 5.37. The summed E-state index contributed by atoms with van der Waals surface area (Å²) in [4.78, 5) is 9.38. The van der Waals surface area contributed by atoms with Gasteiger partial charge in [0.1, 0.15) is 0 Å². The van der Waals surface area contributed by atoms with Crippen molar-refractivity contribution in [3.05, 3.63) is 11.1 Å². The number of aryl methyl sites for hydroxylation is 1. The van der Waals surface area contributed by atoms with Crippen molar-refractivity contribution >= 4 is 16.5 Å². The number of anilines is 1. The topological polar surface area (TPSA) is 39.6 Å². The maximum Gasteiger partial charge on any atom is 0.185 e. The first-order valence-electron chi connectivity index (χ1n) is 6.30. The van der Waals surface area contributed by atoms with Crippen LogP contribution in [0.2, 0.25) is 0 Å². The number of hydrogen-bond donors (Lipinski definition) is 1. The van der Waals surface area contributed by atoms with E-state index in [1.807, 2.05) is 6.92 Å². The highest BCUT2D eigenvalue weighted by Crippen LogP contribution is 2.21. The van der Waals surface area contributed by atoms with Gasteiger partial charge >= 0.3 is 0 Å². The summed E-state index contributed by atoms with van der Waals surface area (Å²) < 4.78 is 0. The quantitative estimate of drug-likeness (QED) is 0.881. The summed E-state index contributed by atoms with van der Waals surface area (Å²) in [5.41, 5.74) is 1.12. The van der Waals surface area contributed by atoms with Crippen molar-refractivity contribution in [1.82, 2.24) is 9.88 Å². The van der Waals surface area contributed by atoms with Crippen LogP contribution in [0.3, 0.4) is 0 Å². The lowest BCUT2D eigenvalue weighted by Crippen LogP contribution is -2.31. The highest BCUT2D eigenvalue weighted by atomic mass is 32.1. The summed E-state index contributed by atoms with van der Waals surface area (Å²) in [6.07, 6.45) is 2.07. The Labute approximate surface area is 107 Å².